The number of rotatable bonds is 13. The van der Waals surface area contributed by atoms with Gasteiger partial charge in [-0.3, -0.25) is 14.4 Å². The molecule has 1 aromatic rings. The van der Waals surface area contributed by atoms with E-state index in [-0.39, 0.29) is 33.5 Å². The van der Waals surface area contributed by atoms with Crippen LogP contribution in [0.4, 0.5) is 5.69 Å². The Hall–Kier alpha value is -0.420. The van der Waals surface area contributed by atoms with E-state index in [0.717, 1.165) is 0 Å². The Morgan fingerprint density at radius 1 is 0.857 bits per heavy atom. The molecule has 1 atom stereocenters. The van der Waals surface area contributed by atoms with Crippen LogP contribution in [0.3, 0.4) is 0 Å². The summed E-state index contributed by atoms with van der Waals surface area (Å²) < 4.78 is 5.74. The first-order valence-corrected chi connectivity index (χ1v) is 13.4. The maximum absolute atomic E-state index is 13.2. The highest BCUT2D eigenvalue weighted by Crippen LogP contribution is 2.38. The van der Waals surface area contributed by atoms with Gasteiger partial charge in [-0.1, -0.05) is 0 Å². The second-order valence-corrected chi connectivity index (χ2v) is 10.6. The smallest absolute Gasteiger partial charge is 0.253 e. The number of hydrogen-bond donors (Lipinski definition) is 7. The van der Waals surface area contributed by atoms with Gasteiger partial charge in [0.25, 0.3) is 11.8 Å². The second kappa shape index (κ2) is 15.7. The first-order chi connectivity index (χ1) is 16.5. The second-order valence-electron chi connectivity index (χ2n) is 7.35. The van der Waals surface area contributed by atoms with Crippen LogP contribution in [-0.2, 0) is 9.53 Å². The van der Waals surface area contributed by atoms with Crippen LogP contribution in [0, 0.1) is 10.7 Å². The van der Waals surface area contributed by atoms with E-state index in [1.165, 1.54) is 18.9 Å². The molecule has 7 N–H and O–H groups in total. The van der Waals surface area contributed by atoms with Gasteiger partial charge in [0.1, 0.15) is 0 Å². The zero-order chi connectivity index (χ0) is 26.9. The highest BCUT2D eigenvalue weighted by molar-refractivity contribution is 14.1. The van der Waals surface area contributed by atoms with Gasteiger partial charge in [-0.05, 0) is 67.8 Å². The van der Waals surface area contributed by atoms with Crippen molar-refractivity contribution in [2.45, 2.75) is 25.1 Å². The molecule has 0 spiro atoms. The third-order valence-electron chi connectivity index (χ3n) is 4.70. The largest absolute Gasteiger partial charge is 0.394 e. The van der Waals surface area contributed by atoms with Crippen LogP contribution in [0.1, 0.15) is 27.6 Å². The van der Waals surface area contributed by atoms with Crippen molar-refractivity contribution in [2.24, 2.45) is 0 Å². The number of halogens is 3. The maximum Gasteiger partial charge on any atom is 0.253 e. The molecule has 0 saturated heterocycles. The predicted molar refractivity (Wildman–Crippen MR) is 151 cm³/mol. The molecular weight excluding hydrogens is 807 g/mol. The lowest BCUT2D eigenvalue weighted by Crippen LogP contribution is -2.44. The van der Waals surface area contributed by atoms with E-state index >= 15 is 0 Å². The Morgan fingerprint density at radius 2 is 1.26 bits per heavy atom. The van der Waals surface area contributed by atoms with Crippen LogP contribution in [-0.4, -0.2) is 108 Å². The van der Waals surface area contributed by atoms with Gasteiger partial charge >= 0.3 is 0 Å². The van der Waals surface area contributed by atoms with E-state index in [0.29, 0.717) is 7.14 Å². The summed E-state index contributed by atoms with van der Waals surface area (Å²) in [5.41, 5.74) is 0.213. The molecule has 0 aromatic heterocycles. The fraction of sp³-hybridized carbons (Fsp3) is 0.550. The molecule has 0 aliphatic rings. The van der Waals surface area contributed by atoms with Crippen LogP contribution in [0.15, 0.2) is 0 Å². The first kappa shape index (κ1) is 32.6. The molecule has 12 nitrogen and oxygen atoms in total. The number of aliphatic hydroxyl groups excluding tert-OH is 5. The fourth-order valence-electron chi connectivity index (χ4n) is 2.93. The highest BCUT2D eigenvalue weighted by atomic mass is 127. The summed E-state index contributed by atoms with van der Waals surface area (Å²) in [6.07, 6.45) is -1.06. The Morgan fingerprint density at radius 3 is 1.57 bits per heavy atom. The number of hydrogen-bond acceptors (Lipinski definition) is 9. The Kier molecular flexibility index (Phi) is 14.7. The van der Waals surface area contributed by atoms with Crippen molar-refractivity contribution in [2.75, 3.05) is 51.6 Å². The van der Waals surface area contributed by atoms with E-state index in [2.05, 4.69) is 10.6 Å². The topological polar surface area (TPSA) is 189 Å². The number of carbonyl (C=O) groups excluding carboxylic acids is 3. The molecule has 1 unspecified atom stereocenters. The summed E-state index contributed by atoms with van der Waals surface area (Å²) in [6, 6.07) is -1.93. The molecule has 0 heterocycles. The molecule has 0 bridgehead atoms. The first-order valence-electron chi connectivity index (χ1n) is 10.2. The SMILES string of the molecule is COCC(O)CN(C(C)=O)c1c(I)c(C(=O)NC(CO)CO)c(I)c(C(=O)NC(CO)CO)c1I. The van der Waals surface area contributed by atoms with Gasteiger partial charge in [0.15, 0.2) is 0 Å². The third kappa shape index (κ3) is 8.55. The predicted octanol–water partition coefficient (Wildman–Crippen LogP) is -0.973. The van der Waals surface area contributed by atoms with E-state index in [1.807, 2.05) is 45.2 Å². The minimum atomic E-state index is -1.06. The third-order valence-corrected chi connectivity index (χ3v) is 7.88. The Labute approximate surface area is 243 Å². The molecule has 0 aliphatic heterocycles. The average molecular weight is 835 g/mol. The molecule has 15 heteroatoms. The summed E-state index contributed by atoms with van der Waals surface area (Å²) in [5.74, 6) is -1.89. The Bertz CT molecular complexity index is 859. The molecule has 35 heavy (non-hydrogen) atoms. The number of nitrogens with zero attached hydrogens (tertiary/aromatic N) is 1. The van der Waals surface area contributed by atoms with Crippen molar-refractivity contribution >= 4 is 91.2 Å². The lowest BCUT2D eigenvalue weighted by atomic mass is 10.1. The molecule has 0 radical (unpaired) electrons. The normalized spacial score (nSPS) is 12.1. The summed E-state index contributed by atoms with van der Waals surface area (Å²) in [4.78, 5) is 40.2. The molecule has 0 aliphatic carbocycles. The summed E-state index contributed by atoms with van der Waals surface area (Å²) in [6.45, 7) is -1.11. The van der Waals surface area contributed by atoms with Crippen molar-refractivity contribution in [3.05, 3.63) is 21.8 Å². The minimum absolute atomic E-state index is 0.00990. The van der Waals surface area contributed by atoms with Crippen molar-refractivity contribution in [3.8, 4) is 0 Å². The number of anilines is 1. The number of nitrogens with one attached hydrogen (secondary N) is 2. The Balaban J connectivity index is 3.85. The molecule has 1 rings (SSSR count). The van der Waals surface area contributed by atoms with E-state index < -0.39 is 62.3 Å². The summed E-state index contributed by atoms with van der Waals surface area (Å²) in [7, 11) is 1.39. The number of amides is 3. The van der Waals surface area contributed by atoms with Crippen molar-refractivity contribution in [3.63, 3.8) is 0 Å². The van der Waals surface area contributed by atoms with E-state index in [9.17, 15) is 39.9 Å². The van der Waals surface area contributed by atoms with E-state index in [1.54, 1.807) is 22.6 Å². The zero-order valence-electron chi connectivity index (χ0n) is 18.9. The van der Waals surface area contributed by atoms with Crippen molar-refractivity contribution < 1.29 is 44.7 Å². The monoisotopic (exact) mass is 835 g/mol. The number of benzene rings is 1. The van der Waals surface area contributed by atoms with Crippen LogP contribution >= 0.6 is 67.8 Å². The minimum Gasteiger partial charge on any atom is -0.394 e. The lowest BCUT2D eigenvalue weighted by Gasteiger charge is -2.29. The van der Waals surface area contributed by atoms with Gasteiger partial charge in [0.2, 0.25) is 5.91 Å². The molecule has 0 fully saturated rings. The van der Waals surface area contributed by atoms with Gasteiger partial charge in [-0.25, -0.2) is 0 Å². The van der Waals surface area contributed by atoms with Gasteiger partial charge in [-0.15, -0.1) is 0 Å². The molecule has 1 aromatic carbocycles. The van der Waals surface area contributed by atoms with Crippen LogP contribution in [0.5, 0.6) is 0 Å². The van der Waals surface area contributed by atoms with Crippen LogP contribution in [0.25, 0.3) is 0 Å². The lowest BCUT2D eigenvalue weighted by molar-refractivity contribution is -0.117. The highest BCUT2D eigenvalue weighted by Gasteiger charge is 2.33. The number of methoxy groups -OCH3 is 1. The van der Waals surface area contributed by atoms with Gasteiger partial charge in [0.05, 0.1) is 81.7 Å². The average Bonchev–Trinajstić information content (AvgIpc) is 2.80. The maximum atomic E-state index is 13.2. The fourth-order valence-corrected chi connectivity index (χ4v) is 7.66. The van der Waals surface area contributed by atoms with Crippen LogP contribution in [0.2, 0.25) is 0 Å². The quantitative estimate of drug-likeness (QED) is 0.123. The molecule has 3 amide bonds. The summed E-state index contributed by atoms with van der Waals surface area (Å²) in [5, 5.41) is 52.8. The molecule has 198 valence electrons. The number of carbonyl (C=O) groups is 3. The van der Waals surface area contributed by atoms with Crippen LogP contribution < -0.4 is 15.5 Å². The van der Waals surface area contributed by atoms with Crippen molar-refractivity contribution in [1.29, 1.82) is 0 Å². The summed E-state index contributed by atoms with van der Waals surface area (Å²) >= 11 is 5.53. The molecule has 0 saturated carbocycles. The van der Waals surface area contributed by atoms with Gasteiger partial charge < -0.3 is 45.8 Å². The molecular formula is C20H28I3N3O9. The van der Waals surface area contributed by atoms with E-state index in [4.69, 9.17) is 4.74 Å². The van der Waals surface area contributed by atoms with Crippen molar-refractivity contribution in [1.82, 2.24) is 10.6 Å². The standard InChI is InChI=1S/C20H28I3N3O9/c1-9(31)26(3-12(32)8-35-2)18-16(22)13(19(33)24-10(4-27)5-28)15(21)14(17(18)23)20(34)25-11(6-29)7-30/h10-12,27-30,32H,3-8H2,1-2H3,(H,24,33)(H,25,34). The van der Waals surface area contributed by atoms with Gasteiger partial charge in [-0.2, -0.15) is 0 Å². The number of ether oxygens (including phenoxy) is 1. The number of aliphatic hydroxyl groups is 5. The van der Waals surface area contributed by atoms with Gasteiger partial charge in [0, 0.05) is 17.6 Å². The zero-order valence-corrected chi connectivity index (χ0v) is 25.4.